The van der Waals surface area contributed by atoms with Crippen LogP contribution in [0.5, 0.6) is 0 Å². The highest BCUT2D eigenvalue weighted by Crippen LogP contribution is 2.57. The Labute approximate surface area is 120 Å². The number of amides is 2. The molecular formula is C15H25N3O2. The van der Waals surface area contributed by atoms with E-state index in [9.17, 15) is 9.59 Å². The topological polar surface area (TPSA) is 61.4 Å². The van der Waals surface area contributed by atoms with E-state index >= 15 is 0 Å². The lowest BCUT2D eigenvalue weighted by Gasteiger charge is -2.54. The zero-order chi connectivity index (χ0) is 14.2. The summed E-state index contributed by atoms with van der Waals surface area (Å²) in [7, 11) is 0. The molecule has 2 heterocycles. The van der Waals surface area contributed by atoms with Crippen LogP contribution in [0, 0.1) is 5.41 Å². The highest BCUT2D eigenvalue weighted by Gasteiger charge is 2.59. The van der Waals surface area contributed by atoms with Gasteiger partial charge in [0.05, 0.1) is 0 Å². The van der Waals surface area contributed by atoms with Crippen LogP contribution in [0.3, 0.4) is 0 Å². The molecule has 3 fully saturated rings. The quantitative estimate of drug-likeness (QED) is 0.729. The second kappa shape index (κ2) is 5.11. The number of piperazine rings is 1. The molecule has 3 rings (SSSR count). The average Bonchev–Trinajstić information content (AvgIpc) is 2.77. The number of piperidine rings is 1. The van der Waals surface area contributed by atoms with Crippen molar-refractivity contribution in [2.75, 3.05) is 26.2 Å². The lowest BCUT2D eigenvalue weighted by atomic mass is 9.63. The van der Waals surface area contributed by atoms with E-state index in [4.69, 9.17) is 0 Å². The smallest absolute Gasteiger partial charge is 0.227 e. The molecule has 1 aliphatic carbocycles. The van der Waals surface area contributed by atoms with Gasteiger partial charge in [-0.2, -0.15) is 0 Å². The van der Waals surface area contributed by atoms with Crippen molar-refractivity contribution in [2.45, 2.75) is 51.0 Å². The van der Waals surface area contributed by atoms with E-state index in [0.717, 1.165) is 51.9 Å². The van der Waals surface area contributed by atoms with E-state index in [1.807, 2.05) is 0 Å². The third kappa shape index (κ3) is 1.99. The summed E-state index contributed by atoms with van der Waals surface area (Å²) in [6.45, 7) is 6.32. The number of carbonyl (C=O) groups is 2. The molecule has 5 heteroatoms. The van der Waals surface area contributed by atoms with Gasteiger partial charge in [0, 0.05) is 50.0 Å². The molecule has 1 spiro atoms. The lowest BCUT2D eigenvalue weighted by molar-refractivity contribution is -0.144. The average molecular weight is 279 g/mol. The molecule has 2 saturated heterocycles. The van der Waals surface area contributed by atoms with Gasteiger partial charge in [0.15, 0.2) is 0 Å². The fourth-order valence-corrected chi connectivity index (χ4v) is 5.01. The fraction of sp³-hybridized carbons (Fsp3) is 0.867. The Morgan fingerprint density at radius 1 is 1.10 bits per heavy atom. The van der Waals surface area contributed by atoms with Crippen molar-refractivity contribution in [3.63, 3.8) is 0 Å². The molecule has 2 amide bonds. The predicted octanol–water partition coefficient (Wildman–Crippen LogP) is 0.647. The maximum atomic E-state index is 12.0. The van der Waals surface area contributed by atoms with Crippen LogP contribution in [0.25, 0.3) is 0 Å². The molecule has 20 heavy (non-hydrogen) atoms. The molecular weight excluding hydrogens is 254 g/mol. The summed E-state index contributed by atoms with van der Waals surface area (Å²) in [6, 6.07) is 0. The Morgan fingerprint density at radius 2 is 1.75 bits per heavy atom. The van der Waals surface area contributed by atoms with Gasteiger partial charge in [0.2, 0.25) is 11.8 Å². The van der Waals surface area contributed by atoms with Crippen molar-refractivity contribution in [1.82, 2.24) is 15.5 Å². The summed E-state index contributed by atoms with van der Waals surface area (Å²) in [5.74, 6) is -0.146. The Kier molecular flexibility index (Phi) is 3.58. The molecule has 5 nitrogen and oxygen atoms in total. The van der Waals surface area contributed by atoms with E-state index in [1.165, 1.54) is 0 Å². The van der Waals surface area contributed by atoms with Crippen LogP contribution in [0.4, 0.5) is 0 Å². The molecule has 0 aromatic heterocycles. The highest BCUT2D eigenvalue weighted by atomic mass is 16.2. The van der Waals surface area contributed by atoms with Crippen LogP contribution < -0.4 is 10.6 Å². The molecule has 112 valence electrons. The third-order valence-electron chi connectivity index (χ3n) is 5.82. The lowest BCUT2D eigenvalue weighted by Crippen LogP contribution is -2.64. The molecule has 1 unspecified atom stereocenters. The van der Waals surface area contributed by atoms with Crippen molar-refractivity contribution >= 4 is 11.8 Å². The Hall–Kier alpha value is -0.940. The Morgan fingerprint density at radius 3 is 2.35 bits per heavy atom. The van der Waals surface area contributed by atoms with Crippen LogP contribution in [-0.2, 0) is 9.59 Å². The molecule has 1 saturated carbocycles. The minimum atomic E-state index is -0.126. The van der Waals surface area contributed by atoms with Crippen LogP contribution in [0.2, 0.25) is 0 Å². The van der Waals surface area contributed by atoms with Gasteiger partial charge in [-0.25, -0.2) is 0 Å². The number of imide groups is 1. The van der Waals surface area contributed by atoms with Crippen molar-refractivity contribution in [2.24, 2.45) is 5.41 Å². The summed E-state index contributed by atoms with van der Waals surface area (Å²) < 4.78 is 0. The van der Waals surface area contributed by atoms with Gasteiger partial charge in [-0.3, -0.25) is 19.8 Å². The zero-order valence-electron chi connectivity index (χ0n) is 12.3. The summed E-state index contributed by atoms with van der Waals surface area (Å²) in [5, 5.41) is 5.89. The van der Waals surface area contributed by atoms with E-state index < -0.39 is 0 Å². The normalized spacial score (nSPS) is 34.5. The number of hydrogen-bond donors (Lipinski definition) is 2. The van der Waals surface area contributed by atoms with Crippen molar-refractivity contribution in [1.29, 1.82) is 0 Å². The van der Waals surface area contributed by atoms with Crippen molar-refractivity contribution in [3.8, 4) is 0 Å². The van der Waals surface area contributed by atoms with Crippen molar-refractivity contribution in [3.05, 3.63) is 0 Å². The highest BCUT2D eigenvalue weighted by molar-refractivity contribution is 5.98. The van der Waals surface area contributed by atoms with E-state index in [2.05, 4.69) is 22.5 Å². The number of nitrogens with one attached hydrogen (secondary N) is 2. The second-order valence-corrected chi connectivity index (χ2v) is 6.58. The molecule has 0 aromatic rings. The largest absolute Gasteiger partial charge is 0.314 e. The fourth-order valence-electron chi connectivity index (χ4n) is 5.01. The Bertz CT molecular complexity index is 401. The van der Waals surface area contributed by atoms with Gasteiger partial charge in [0.25, 0.3) is 0 Å². The monoisotopic (exact) mass is 279 g/mol. The molecule has 1 atom stereocenters. The van der Waals surface area contributed by atoms with Gasteiger partial charge in [-0.15, -0.1) is 0 Å². The number of nitrogens with zero attached hydrogens (tertiary/aromatic N) is 1. The second-order valence-electron chi connectivity index (χ2n) is 6.58. The summed E-state index contributed by atoms with van der Waals surface area (Å²) >= 11 is 0. The van der Waals surface area contributed by atoms with Gasteiger partial charge >= 0.3 is 0 Å². The first-order chi connectivity index (χ1) is 9.62. The number of carbonyl (C=O) groups excluding carboxylic acids is 2. The van der Waals surface area contributed by atoms with Crippen LogP contribution in [0.15, 0.2) is 0 Å². The zero-order valence-corrected chi connectivity index (χ0v) is 12.3. The van der Waals surface area contributed by atoms with Crippen LogP contribution in [-0.4, -0.2) is 48.4 Å². The molecule has 3 aliphatic rings. The van der Waals surface area contributed by atoms with Crippen molar-refractivity contribution < 1.29 is 9.59 Å². The summed E-state index contributed by atoms with van der Waals surface area (Å²) in [6.07, 6.45) is 5.37. The van der Waals surface area contributed by atoms with Crippen LogP contribution >= 0.6 is 0 Å². The van der Waals surface area contributed by atoms with E-state index in [-0.39, 0.29) is 22.8 Å². The molecule has 0 bridgehead atoms. The van der Waals surface area contributed by atoms with E-state index in [1.54, 1.807) is 0 Å². The Balaban J connectivity index is 1.95. The molecule has 2 N–H and O–H groups in total. The summed E-state index contributed by atoms with van der Waals surface area (Å²) in [4.78, 5) is 26.5. The molecule has 0 radical (unpaired) electrons. The molecule has 2 aliphatic heterocycles. The first-order valence-electron chi connectivity index (χ1n) is 7.90. The number of rotatable bonds is 2. The standard InChI is InChI=1S/C15H25N3O2/c1-2-15(18-8-6-16-7-9-18)5-3-4-14(15)10-12(19)17-13(20)11-14/h16H,2-11H2,1H3,(H,17,19,20). The maximum absolute atomic E-state index is 12.0. The van der Waals surface area contributed by atoms with Gasteiger partial charge < -0.3 is 5.32 Å². The maximum Gasteiger partial charge on any atom is 0.227 e. The van der Waals surface area contributed by atoms with Gasteiger partial charge in [-0.1, -0.05) is 13.3 Å². The predicted molar refractivity (Wildman–Crippen MR) is 76.1 cm³/mol. The minimum absolute atomic E-state index is 0.0442. The summed E-state index contributed by atoms with van der Waals surface area (Å²) in [5.41, 5.74) is -0.0823. The van der Waals surface area contributed by atoms with Crippen LogP contribution in [0.1, 0.15) is 45.4 Å². The third-order valence-corrected chi connectivity index (χ3v) is 5.82. The first-order valence-corrected chi connectivity index (χ1v) is 7.90. The number of hydrogen-bond acceptors (Lipinski definition) is 4. The van der Waals surface area contributed by atoms with E-state index in [0.29, 0.717) is 12.8 Å². The first kappa shape index (κ1) is 14.0. The SMILES string of the molecule is CCC1(N2CCNCC2)CCCC12CC(=O)NC(=O)C2. The molecule has 0 aromatic carbocycles. The van der Waals surface area contributed by atoms with Gasteiger partial charge in [-0.05, 0) is 19.3 Å². The minimum Gasteiger partial charge on any atom is -0.314 e. The van der Waals surface area contributed by atoms with Gasteiger partial charge in [0.1, 0.15) is 0 Å².